The zero-order valence-corrected chi connectivity index (χ0v) is 15.4. The van der Waals surface area contributed by atoms with Crippen LogP contribution in [0.25, 0.3) is 0 Å². The minimum absolute atomic E-state index is 0.0412. The van der Waals surface area contributed by atoms with Crippen LogP contribution < -0.4 is 10.6 Å². The summed E-state index contributed by atoms with van der Waals surface area (Å²) in [5.74, 6) is -2.89. The molecule has 0 spiro atoms. The van der Waals surface area contributed by atoms with Gasteiger partial charge in [0.2, 0.25) is 0 Å². The highest BCUT2D eigenvalue weighted by Crippen LogP contribution is 2.22. The largest absolute Gasteiger partial charge is 0.451 e. The van der Waals surface area contributed by atoms with Gasteiger partial charge < -0.3 is 10.1 Å². The number of hydrogen-bond donors (Lipinski definition) is 2. The molecule has 1 aliphatic carbocycles. The molecule has 2 aliphatic rings. The number of esters is 1. The van der Waals surface area contributed by atoms with Crippen LogP contribution in [0.3, 0.4) is 0 Å². The number of benzene rings is 1. The maximum absolute atomic E-state index is 12.2. The first-order valence-electron chi connectivity index (χ1n) is 9.13. The van der Waals surface area contributed by atoms with Crippen LogP contribution in [0.2, 0.25) is 0 Å². The Balaban J connectivity index is 1.49. The van der Waals surface area contributed by atoms with Crippen LogP contribution in [0, 0.1) is 0 Å². The number of urea groups is 1. The molecular weight excluding hydrogens is 366 g/mol. The van der Waals surface area contributed by atoms with E-state index in [2.05, 4.69) is 10.6 Å². The van der Waals surface area contributed by atoms with E-state index >= 15 is 0 Å². The van der Waals surface area contributed by atoms with Crippen molar-refractivity contribution < 1.29 is 28.7 Å². The first-order valence-corrected chi connectivity index (χ1v) is 9.13. The lowest BCUT2D eigenvalue weighted by molar-refractivity contribution is -0.154. The zero-order chi connectivity index (χ0) is 20.3. The lowest BCUT2D eigenvalue weighted by Gasteiger charge is -2.17. The summed E-state index contributed by atoms with van der Waals surface area (Å²) in [6.07, 6.45) is 2.55. The zero-order valence-electron chi connectivity index (χ0n) is 15.4. The van der Waals surface area contributed by atoms with Crippen LogP contribution in [0.1, 0.15) is 53.3 Å². The van der Waals surface area contributed by atoms with E-state index in [1.54, 1.807) is 12.1 Å². The lowest BCUT2D eigenvalue weighted by atomic mass is 10.1. The van der Waals surface area contributed by atoms with Crippen LogP contribution in [0.5, 0.6) is 0 Å². The summed E-state index contributed by atoms with van der Waals surface area (Å²) in [6.45, 7) is 0.691. The third kappa shape index (κ3) is 4.19. The van der Waals surface area contributed by atoms with Crippen LogP contribution in [-0.4, -0.2) is 53.3 Å². The molecule has 0 aromatic heterocycles. The number of imide groups is 2. The number of hydrogen-bond acceptors (Lipinski definition) is 6. The average Bonchev–Trinajstić information content (AvgIpc) is 3.24. The molecule has 9 heteroatoms. The molecule has 0 bridgehead atoms. The number of fused-ring (bicyclic) bond motifs is 1. The Labute approximate surface area is 161 Å². The second kappa shape index (κ2) is 8.20. The first-order chi connectivity index (χ1) is 13.4. The highest BCUT2D eigenvalue weighted by Gasteiger charge is 2.37. The smallest absolute Gasteiger partial charge is 0.326 e. The Morgan fingerprint density at radius 3 is 2.25 bits per heavy atom. The fourth-order valence-electron chi connectivity index (χ4n) is 3.30. The molecule has 1 heterocycles. The SMILES string of the molecule is CC(OC(=O)CN1C(=O)c2ccccc2C1=O)C(=O)NC(=O)NC1CCCC1. The van der Waals surface area contributed by atoms with Gasteiger partial charge in [0.05, 0.1) is 11.1 Å². The van der Waals surface area contributed by atoms with Crippen molar-refractivity contribution in [3.63, 3.8) is 0 Å². The topological polar surface area (TPSA) is 122 Å². The summed E-state index contributed by atoms with van der Waals surface area (Å²) in [5.41, 5.74) is 0.435. The van der Waals surface area contributed by atoms with Gasteiger partial charge in [-0.05, 0) is 31.9 Å². The van der Waals surface area contributed by atoms with Gasteiger partial charge in [0.1, 0.15) is 6.54 Å². The highest BCUT2D eigenvalue weighted by molar-refractivity contribution is 6.22. The number of ether oxygens (including phenoxy) is 1. The van der Waals surface area contributed by atoms with Crippen molar-refractivity contribution in [3.8, 4) is 0 Å². The summed E-state index contributed by atoms with van der Waals surface area (Å²) in [5, 5.41) is 4.81. The highest BCUT2D eigenvalue weighted by atomic mass is 16.5. The van der Waals surface area contributed by atoms with Gasteiger partial charge in [-0.1, -0.05) is 25.0 Å². The van der Waals surface area contributed by atoms with Gasteiger partial charge in [-0.2, -0.15) is 0 Å². The van der Waals surface area contributed by atoms with Crippen LogP contribution in [0.4, 0.5) is 4.79 Å². The molecule has 1 unspecified atom stereocenters. The van der Waals surface area contributed by atoms with Crippen molar-refractivity contribution >= 4 is 29.7 Å². The second-order valence-electron chi connectivity index (χ2n) is 6.82. The number of rotatable bonds is 5. The molecule has 1 atom stereocenters. The Kier molecular flexibility index (Phi) is 5.72. The summed E-state index contributed by atoms with van der Waals surface area (Å²) >= 11 is 0. The Hall–Kier alpha value is -3.23. The van der Waals surface area contributed by atoms with Gasteiger partial charge in [0, 0.05) is 6.04 Å². The van der Waals surface area contributed by atoms with Gasteiger partial charge in [-0.3, -0.25) is 29.4 Å². The minimum Gasteiger partial charge on any atom is -0.451 e. The van der Waals surface area contributed by atoms with E-state index in [1.807, 2.05) is 0 Å². The van der Waals surface area contributed by atoms with Gasteiger partial charge >= 0.3 is 12.0 Å². The van der Waals surface area contributed by atoms with Crippen LogP contribution in [0.15, 0.2) is 24.3 Å². The van der Waals surface area contributed by atoms with E-state index in [1.165, 1.54) is 19.1 Å². The van der Waals surface area contributed by atoms with Gasteiger partial charge in [-0.25, -0.2) is 4.79 Å². The molecule has 2 N–H and O–H groups in total. The van der Waals surface area contributed by atoms with E-state index in [0.717, 1.165) is 30.6 Å². The molecule has 0 radical (unpaired) electrons. The first kappa shape index (κ1) is 19.5. The summed E-state index contributed by atoms with van der Waals surface area (Å²) in [4.78, 5) is 61.1. The van der Waals surface area contributed by atoms with E-state index < -0.39 is 42.4 Å². The minimum atomic E-state index is -1.25. The molecule has 1 aromatic rings. The molecule has 1 fully saturated rings. The van der Waals surface area contributed by atoms with Crippen molar-refractivity contribution in [2.24, 2.45) is 0 Å². The van der Waals surface area contributed by atoms with Crippen molar-refractivity contribution in [1.82, 2.24) is 15.5 Å². The monoisotopic (exact) mass is 387 g/mol. The number of nitrogens with zero attached hydrogens (tertiary/aromatic N) is 1. The maximum atomic E-state index is 12.2. The predicted molar refractivity (Wildman–Crippen MR) is 96.3 cm³/mol. The fourth-order valence-corrected chi connectivity index (χ4v) is 3.30. The summed E-state index contributed by atoms with van der Waals surface area (Å²) < 4.78 is 4.96. The molecule has 148 valence electrons. The molecule has 5 amide bonds. The van der Waals surface area contributed by atoms with Gasteiger partial charge in [-0.15, -0.1) is 0 Å². The summed E-state index contributed by atoms with van der Waals surface area (Å²) in [7, 11) is 0. The van der Waals surface area contributed by atoms with Crippen molar-refractivity contribution in [2.45, 2.75) is 44.8 Å². The number of carbonyl (C=O) groups excluding carboxylic acids is 5. The molecule has 1 aliphatic heterocycles. The average molecular weight is 387 g/mol. The number of carbonyl (C=O) groups is 5. The van der Waals surface area contributed by atoms with Gasteiger partial charge in [0.25, 0.3) is 17.7 Å². The normalized spacial score (nSPS) is 17.2. The molecule has 1 saturated carbocycles. The molecule has 3 rings (SSSR count). The van der Waals surface area contributed by atoms with Crippen LogP contribution >= 0.6 is 0 Å². The second-order valence-corrected chi connectivity index (χ2v) is 6.82. The number of nitrogens with one attached hydrogen (secondary N) is 2. The Bertz CT molecular complexity index is 796. The maximum Gasteiger partial charge on any atom is 0.326 e. The number of amides is 5. The third-order valence-corrected chi connectivity index (χ3v) is 4.77. The molecule has 9 nitrogen and oxygen atoms in total. The van der Waals surface area contributed by atoms with E-state index in [-0.39, 0.29) is 17.2 Å². The van der Waals surface area contributed by atoms with Gasteiger partial charge in [0.15, 0.2) is 6.10 Å². The Morgan fingerprint density at radius 2 is 1.68 bits per heavy atom. The summed E-state index contributed by atoms with van der Waals surface area (Å²) in [6, 6.07) is 5.64. The van der Waals surface area contributed by atoms with E-state index in [9.17, 15) is 24.0 Å². The van der Waals surface area contributed by atoms with Crippen molar-refractivity contribution in [1.29, 1.82) is 0 Å². The third-order valence-electron chi connectivity index (χ3n) is 4.77. The predicted octanol–water partition coefficient (Wildman–Crippen LogP) is 0.983. The quantitative estimate of drug-likeness (QED) is 0.574. The Morgan fingerprint density at radius 1 is 1.11 bits per heavy atom. The van der Waals surface area contributed by atoms with Crippen LogP contribution in [-0.2, 0) is 14.3 Å². The standard InChI is InChI=1S/C19H21N3O6/c1-11(16(24)21-19(27)20-12-6-2-3-7-12)28-15(23)10-22-17(25)13-8-4-5-9-14(13)18(22)26/h4-5,8-9,11-12H,2-3,6-7,10H2,1H3,(H2,20,21,24,27). The van der Waals surface area contributed by atoms with E-state index in [0.29, 0.717) is 0 Å². The fraction of sp³-hybridized carbons (Fsp3) is 0.421. The van der Waals surface area contributed by atoms with E-state index in [4.69, 9.17) is 4.74 Å². The molecule has 1 aromatic carbocycles. The molecule has 0 saturated heterocycles. The molecular formula is C19H21N3O6. The van der Waals surface area contributed by atoms with Crippen molar-refractivity contribution in [3.05, 3.63) is 35.4 Å². The lowest BCUT2D eigenvalue weighted by Crippen LogP contribution is -2.47. The molecule has 28 heavy (non-hydrogen) atoms. The van der Waals surface area contributed by atoms with Crippen molar-refractivity contribution in [2.75, 3.05) is 6.54 Å².